The van der Waals surface area contributed by atoms with E-state index in [9.17, 15) is 14.4 Å². The first kappa shape index (κ1) is 15.2. The number of carbonyl (C=O) groups excluding carboxylic acids is 3. The number of amides is 1. The molecule has 1 aliphatic rings. The van der Waals surface area contributed by atoms with E-state index in [2.05, 4.69) is 0 Å². The number of hydrogen-bond donors (Lipinski definition) is 0. The lowest BCUT2D eigenvalue weighted by Crippen LogP contribution is -2.47. The summed E-state index contributed by atoms with van der Waals surface area (Å²) in [4.78, 5) is 37.0. The molecule has 0 aromatic heterocycles. The molecule has 0 bridgehead atoms. The Hall–Kier alpha value is -0.900. The van der Waals surface area contributed by atoms with Gasteiger partial charge in [-0.15, -0.1) is 0 Å². The summed E-state index contributed by atoms with van der Waals surface area (Å²) in [7, 11) is 0. The Balaban J connectivity index is 2.87. The molecule has 102 valence electrons. The number of hydrogen-bond acceptors (Lipinski definition) is 3. The van der Waals surface area contributed by atoms with Gasteiger partial charge in [-0.05, 0) is 37.3 Å². The summed E-state index contributed by atoms with van der Waals surface area (Å²) in [6, 6.07) is -0.624. The highest BCUT2D eigenvalue weighted by Crippen LogP contribution is 2.29. The van der Waals surface area contributed by atoms with Crippen LogP contribution in [0.2, 0.25) is 0 Å². The van der Waals surface area contributed by atoms with Crippen LogP contribution in [-0.4, -0.2) is 34.4 Å². The van der Waals surface area contributed by atoms with Crippen molar-refractivity contribution in [2.45, 2.75) is 52.5 Å². The van der Waals surface area contributed by atoms with Crippen molar-refractivity contribution in [2.24, 2.45) is 5.41 Å². The minimum Gasteiger partial charge on any atom is -0.325 e. The van der Waals surface area contributed by atoms with E-state index in [1.54, 1.807) is 6.92 Å². The number of Topliss-reactive ketones (excluding diaryl/α,β-unsaturated/α-hetero) is 1. The fourth-order valence-corrected chi connectivity index (χ4v) is 2.43. The van der Waals surface area contributed by atoms with Crippen molar-refractivity contribution in [3.05, 3.63) is 0 Å². The van der Waals surface area contributed by atoms with Crippen LogP contribution in [0.25, 0.3) is 0 Å². The largest absolute Gasteiger partial charge is 0.325 e. The highest BCUT2D eigenvalue weighted by atomic mass is 35.5. The Labute approximate surface area is 113 Å². The van der Waals surface area contributed by atoms with Gasteiger partial charge in [0.25, 0.3) is 5.91 Å². The molecule has 0 aliphatic carbocycles. The van der Waals surface area contributed by atoms with Gasteiger partial charge in [0.2, 0.25) is 11.0 Å². The van der Waals surface area contributed by atoms with Crippen molar-refractivity contribution >= 4 is 28.5 Å². The van der Waals surface area contributed by atoms with Crippen molar-refractivity contribution in [1.29, 1.82) is 0 Å². The normalized spacial score (nSPS) is 20.0. The van der Waals surface area contributed by atoms with Crippen molar-refractivity contribution < 1.29 is 14.4 Å². The van der Waals surface area contributed by atoms with E-state index in [1.165, 1.54) is 4.90 Å². The summed E-state index contributed by atoms with van der Waals surface area (Å²) in [5.41, 5.74) is -0.639. The molecule has 4 nitrogen and oxygen atoms in total. The van der Waals surface area contributed by atoms with Crippen LogP contribution < -0.4 is 0 Å². The third kappa shape index (κ3) is 2.74. The molecular formula is C13H20ClNO3. The number of halogens is 1. The van der Waals surface area contributed by atoms with Crippen LogP contribution in [-0.2, 0) is 14.4 Å². The average Bonchev–Trinajstić information content (AvgIpc) is 2.85. The first-order valence-corrected chi connectivity index (χ1v) is 6.80. The number of ketones is 1. The molecule has 0 unspecified atom stereocenters. The lowest BCUT2D eigenvalue weighted by atomic mass is 9.80. The minimum absolute atomic E-state index is 0.405. The molecule has 0 aromatic carbocycles. The molecule has 0 spiro atoms. The zero-order valence-corrected chi connectivity index (χ0v) is 11.9. The van der Waals surface area contributed by atoms with Gasteiger partial charge in [0.15, 0.2) is 0 Å². The summed E-state index contributed by atoms with van der Waals surface area (Å²) in [5.74, 6) is -0.963. The van der Waals surface area contributed by atoms with E-state index in [1.807, 2.05) is 13.8 Å². The third-order valence-electron chi connectivity index (χ3n) is 4.08. The van der Waals surface area contributed by atoms with Crippen LogP contribution in [0.4, 0.5) is 0 Å². The molecule has 1 aliphatic heterocycles. The second kappa shape index (κ2) is 5.83. The van der Waals surface area contributed by atoms with Crippen LogP contribution in [0, 0.1) is 5.41 Å². The lowest BCUT2D eigenvalue weighted by Gasteiger charge is -2.28. The molecule has 18 heavy (non-hydrogen) atoms. The van der Waals surface area contributed by atoms with Crippen LogP contribution >= 0.6 is 11.6 Å². The molecule has 0 radical (unpaired) electrons. The molecule has 0 N–H and O–H groups in total. The SMILES string of the molecule is CCC(C)(CC)C(=O)C(=O)N1CCC[C@H]1C(=O)Cl. The van der Waals surface area contributed by atoms with E-state index >= 15 is 0 Å². The van der Waals surface area contributed by atoms with E-state index in [0.717, 1.165) is 6.42 Å². The minimum atomic E-state index is -0.639. The molecule has 0 saturated carbocycles. The second-order valence-electron chi connectivity index (χ2n) is 5.06. The second-order valence-corrected chi connectivity index (χ2v) is 5.43. The Morgan fingerprint density at radius 3 is 2.28 bits per heavy atom. The third-order valence-corrected chi connectivity index (χ3v) is 4.33. The Bertz CT molecular complexity index is 363. The quantitative estimate of drug-likeness (QED) is 0.570. The predicted molar refractivity (Wildman–Crippen MR) is 69.3 cm³/mol. The average molecular weight is 274 g/mol. The Kier molecular flexibility index (Phi) is 4.91. The first-order chi connectivity index (χ1) is 8.37. The molecule has 1 heterocycles. The summed E-state index contributed by atoms with van der Waals surface area (Å²) in [6.45, 7) is 6.02. The fourth-order valence-electron chi connectivity index (χ4n) is 2.21. The van der Waals surface area contributed by atoms with Crippen molar-refractivity contribution in [3.8, 4) is 0 Å². The number of likely N-dealkylation sites (tertiary alicyclic amines) is 1. The maximum atomic E-state index is 12.2. The molecule has 1 amide bonds. The number of carbonyl (C=O) groups is 3. The summed E-state index contributed by atoms with van der Waals surface area (Å²) < 4.78 is 0. The highest BCUT2D eigenvalue weighted by molar-refractivity contribution is 6.65. The number of rotatable bonds is 5. The zero-order valence-electron chi connectivity index (χ0n) is 11.2. The molecular weight excluding hydrogens is 254 g/mol. The van der Waals surface area contributed by atoms with E-state index in [0.29, 0.717) is 25.8 Å². The van der Waals surface area contributed by atoms with Gasteiger partial charge in [-0.3, -0.25) is 14.4 Å². The van der Waals surface area contributed by atoms with Crippen LogP contribution in [0.5, 0.6) is 0 Å². The maximum Gasteiger partial charge on any atom is 0.291 e. The van der Waals surface area contributed by atoms with Gasteiger partial charge in [0.1, 0.15) is 6.04 Å². The highest BCUT2D eigenvalue weighted by Gasteiger charge is 2.41. The molecule has 1 saturated heterocycles. The lowest BCUT2D eigenvalue weighted by molar-refractivity contribution is -0.151. The van der Waals surface area contributed by atoms with Gasteiger partial charge in [-0.25, -0.2) is 0 Å². The zero-order chi connectivity index (χ0) is 13.9. The van der Waals surface area contributed by atoms with Crippen molar-refractivity contribution in [1.82, 2.24) is 4.90 Å². The van der Waals surface area contributed by atoms with Gasteiger partial charge in [-0.2, -0.15) is 0 Å². The van der Waals surface area contributed by atoms with E-state index < -0.39 is 28.4 Å². The van der Waals surface area contributed by atoms with Crippen LogP contribution in [0.15, 0.2) is 0 Å². The van der Waals surface area contributed by atoms with E-state index in [-0.39, 0.29) is 0 Å². The standard InChI is InChI=1S/C13H20ClNO3/c1-4-13(3,5-2)10(16)12(18)15-8-6-7-9(15)11(14)17/h9H,4-8H2,1-3H3/t9-/m0/s1. The van der Waals surface area contributed by atoms with Crippen molar-refractivity contribution in [3.63, 3.8) is 0 Å². The van der Waals surface area contributed by atoms with Gasteiger partial charge in [0, 0.05) is 12.0 Å². The van der Waals surface area contributed by atoms with E-state index in [4.69, 9.17) is 11.6 Å². The van der Waals surface area contributed by atoms with Crippen molar-refractivity contribution in [2.75, 3.05) is 6.54 Å². The van der Waals surface area contributed by atoms with Gasteiger partial charge in [-0.1, -0.05) is 20.8 Å². The molecule has 1 atom stereocenters. The van der Waals surface area contributed by atoms with Gasteiger partial charge < -0.3 is 4.90 Å². The fraction of sp³-hybridized carbons (Fsp3) is 0.769. The van der Waals surface area contributed by atoms with Crippen LogP contribution in [0.1, 0.15) is 46.5 Å². The molecule has 1 fully saturated rings. The van der Waals surface area contributed by atoms with Crippen LogP contribution in [0.3, 0.4) is 0 Å². The Morgan fingerprint density at radius 1 is 1.28 bits per heavy atom. The smallest absolute Gasteiger partial charge is 0.291 e. The summed E-state index contributed by atoms with van der Waals surface area (Å²) in [6.07, 6.45) is 2.50. The molecule has 0 aromatic rings. The molecule has 1 rings (SSSR count). The topological polar surface area (TPSA) is 54.5 Å². The van der Waals surface area contributed by atoms with Gasteiger partial charge >= 0.3 is 0 Å². The number of nitrogens with zero attached hydrogens (tertiary/aromatic N) is 1. The maximum absolute atomic E-state index is 12.2. The molecule has 5 heteroatoms. The summed E-state index contributed by atoms with van der Waals surface area (Å²) >= 11 is 5.47. The monoisotopic (exact) mass is 273 g/mol. The summed E-state index contributed by atoms with van der Waals surface area (Å²) in [5, 5.41) is -0.552. The Morgan fingerprint density at radius 2 is 1.83 bits per heavy atom. The first-order valence-electron chi connectivity index (χ1n) is 6.42. The van der Waals surface area contributed by atoms with Gasteiger partial charge in [0.05, 0.1) is 0 Å². The predicted octanol–water partition coefficient (Wildman–Crippen LogP) is 2.14.